The largest absolute Gasteiger partial charge is 0.478 e. The van der Waals surface area contributed by atoms with Crippen molar-refractivity contribution in [1.82, 2.24) is 4.90 Å². The fourth-order valence-electron chi connectivity index (χ4n) is 2.91. The smallest absolute Gasteiger partial charge is 0.328 e. The summed E-state index contributed by atoms with van der Waals surface area (Å²) in [6.07, 6.45) is 5.74. The van der Waals surface area contributed by atoms with Gasteiger partial charge in [-0.25, -0.2) is 4.79 Å². The van der Waals surface area contributed by atoms with E-state index >= 15 is 0 Å². The van der Waals surface area contributed by atoms with E-state index in [2.05, 4.69) is 6.92 Å². The number of hydrogen-bond acceptors (Lipinski definition) is 2. The van der Waals surface area contributed by atoms with Gasteiger partial charge in [0, 0.05) is 24.2 Å². The molecule has 21 heavy (non-hydrogen) atoms. The summed E-state index contributed by atoms with van der Waals surface area (Å²) in [5, 5.41) is 8.72. The number of nitrogens with zero attached hydrogens (tertiary/aromatic N) is 1. The summed E-state index contributed by atoms with van der Waals surface area (Å²) in [6, 6.07) is 5.78. The Hall–Kier alpha value is -2.10. The zero-order valence-electron chi connectivity index (χ0n) is 12.5. The molecule has 1 aromatic rings. The maximum atomic E-state index is 12.7. The van der Waals surface area contributed by atoms with Gasteiger partial charge in [-0.15, -0.1) is 0 Å². The van der Waals surface area contributed by atoms with Crippen molar-refractivity contribution in [1.29, 1.82) is 0 Å². The Balaban J connectivity index is 2.29. The Kier molecular flexibility index (Phi) is 4.78. The lowest BCUT2D eigenvalue weighted by molar-refractivity contribution is -0.131. The lowest BCUT2D eigenvalue weighted by Crippen LogP contribution is -2.35. The van der Waals surface area contributed by atoms with Crippen LogP contribution in [0.2, 0.25) is 0 Å². The summed E-state index contributed by atoms with van der Waals surface area (Å²) in [4.78, 5) is 25.3. The molecular weight excluding hydrogens is 266 g/mol. The molecule has 0 aliphatic carbocycles. The lowest BCUT2D eigenvalue weighted by Gasteiger charge is -2.24. The number of rotatable bonds is 4. The molecule has 2 rings (SSSR count). The molecule has 1 fully saturated rings. The quantitative estimate of drug-likeness (QED) is 0.866. The Bertz CT molecular complexity index is 577. The van der Waals surface area contributed by atoms with Crippen LogP contribution in [0.4, 0.5) is 0 Å². The molecule has 1 unspecified atom stereocenters. The lowest BCUT2D eigenvalue weighted by atomic mass is 10.0. The van der Waals surface area contributed by atoms with Crippen LogP contribution in [-0.4, -0.2) is 34.5 Å². The minimum atomic E-state index is -0.989. The summed E-state index contributed by atoms with van der Waals surface area (Å²) < 4.78 is 0. The van der Waals surface area contributed by atoms with E-state index in [1.165, 1.54) is 6.08 Å². The topological polar surface area (TPSA) is 57.6 Å². The van der Waals surface area contributed by atoms with Crippen LogP contribution in [0.15, 0.2) is 24.3 Å². The van der Waals surface area contributed by atoms with Crippen molar-refractivity contribution in [3.8, 4) is 0 Å². The maximum Gasteiger partial charge on any atom is 0.328 e. The second-order valence-corrected chi connectivity index (χ2v) is 5.39. The number of amides is 1. The summed E-state index contributed by atoms with van der Waals surface area (Å²) in [5.41, 5.74) is 2.28. The highest BCUT2D eigenvalue weighted by atomic mass is 16.4. The predicted molar refractivity (Wildman–Crippen MR) is 82.2 cm³/mol. The third-order valence-electron chi connectivity index (χ3n) is 4.12. The normalized spacial score (nSPS) is 18.4. The predicted octanol–water partition coefficient (Wildman–Crippen LogP) is 3.11. The van der Waals surface area contributed by atoms with Crippen molar-refractivity contribution in [2.45, 2.75) is 39.2 Å². The minimum absolute atomic E-state index is 0.0578. The number of likely N-dealkylation sites (tertiary alicyclic amines) is 1. The molecular formula is C17H21NO3. The van der Waals surface area contributed by atoms with Gasteiger partial charge in [0.2, 0.25) is 0 Å². The second-order valence-electron chi connectivity index (χ2n) is 5.39. The molecule has 1 aliphatic rings. The Labute approximate surface area is 125 Å². The van der Waals surface area contributed by atoms with Gasteiger partial charge in [-0.1, -0.05) is 19.1 Å². The van der Waals surface area contributed by atoms with Crippen molar-refractivity contribution in [3.63, 3.8) is 0 Å². The number of aliphatic carboxylic acids is 1. The van der Waals surface area contributed by atoms with E-state index in [0.29, 0.717) is 11.6 Å². The molecule has 0 saturated carbocycles. The summed E-state index contributed by atoms with van der Waals surface area (Å²) >= 11 is 0. The first-order valence-corrected chi connectivity index (χ1v) is 7.36. The molecule has 1 aromatic carbocycles. The van der Waals surface area contributed by atoms with Gasteiger partial charge in [0.15, 0.2) is 0 Å². The molecule has 1 heterocycles. The zero-order chi connectivity index (χ0) is 15.4. The Morgan fingerprint density at radius 1 is 1.43 bits per heavy atom. The van der Waals surface area contributed by atoms with Gasteiger partial charge in [-0.2, -0.15) is 0 Å². The second kappa shape index (κ2) is 6.57. The van der Waals surface area contributed by atoms with Crippen molar-refractivity contribution in [2.24, 2.45) is 0 Å². The minimum Gasteiger partial charge on any atom is -0.478 e. The first kappa shape index (κ1) is 15.3. The molecule has 4 heteroatoms. The van der Waals surface area contributed by atoms with Gasteiger partial charge in [0.25, 0.3) is 5.91 Å². The number of carbonyl (C=O) groups is 2. The van der Waals surface area contributed by atoms with Crippen molar-refractivity contribution in [2.75, 3.05) is 6.54 Å². The van der Waals surface area contributed by atoms with E-state index in [9.17, 15) is 9.59 Å². The average molecular weight is 287 g/mol. The Morgan fingerprint density at radius 3 is 2.86 bits per heavy atom. The van der Waals surface area contributed by atoms with Gasteiger partial charge < -0.3 is 10.0 Å². The Morgan fingerprint density at radius 2 is 2.19 bits per heavy atom. The van der Waals surface area contributed by atoms with Crippen LogP contribution in [0.1, 0.15) is 47.7 Å². The number of carboxylic acids is 1. The molecule has 1 saturated heterocycles. The van der Waals surface area contributed by atoms with E-state index in [1.54, 1.807) is 6.07 Å². The average Bonchev–Trinajstić information content (AvgIpc) is 2.93. The van der Waals surface area contributed by atoms with E-state index in [0.717, 1.165) is 43.0 Å². The molecule has 1 amide bonds. The van der Waals surface area contributed by atoms with E-state index < -0.39 is 5.97 Å². The third-order valence-corrected chi connectivity index (χ3v) is 4.12. The van der Waals surface area contributed by atoms with Crippen LogP contribution in [0, 0.1) is 6.92 Å². The van der Waals surface area contributed by atoms with Gasteiger partial charge in [0.05, 0.1) is 0 Å². The molecule has 4 nitrogen and oxygen atoms in total. The molecule has 0 spiro atoms. The van der Waals surface area contributed by atoms with E-state index in [-0.39, 0.29) is 5.91 Å². The van der Waals surface area contributed by atoms with Gasteiger partial charge in [-0.3, -0.25) is 4.79 Å². The number of benzene rings is 1. The molecule has 0 radical (unpaired) electrons. The highest BCUT2D eigenvalue weighted by Gasteiger charge is 2.28. The fourth-order valence-corrected chi connectivity index (χ4v) is 2.91. The number of carbonyl (C=O) groups excluding carboxylic acids is 1. The highest BCUT2D eigenvalue weighted by molar-refractivity contribution is 5.97. The first-order valence-electron chi connectivity index (χ1n) is 7.36. The van der Waals surface area contributed by atoms with Crippen molar-refractivity contribution in [3.05, 3.63) is 41.0 Å². The fraction of sp³-hybridized carbons (Fsp3) is 0.412. The third kappa shape index (κ3) is 3.32. The van der Waals surface area contributed by atoms with E-state index in [4.69, 9.17) is 5.11 Å². The standard InChI is InChI=1S/C17H21NO3/c1-3-14-7-5-11-18(14)17(21)15-8-4-6-13(12(15)2)9-10-16(19)20/h4,6,8-10,14H,3,5,7,11H2,1-2H3,(H,19,20). The molecule has 1 atom stereocenters. The maximum absolute atomic E-state index is 12.7. The number of hydrogen-bond donors (Lipinski definition) is 1. The molecule has 0 aromatic heterocycles. The van der Waals surface area contributed by atoms with Gasteiger partial charge in [-0.05, 0) is 49.5 Å². The molecule has 1 N–H and O–H groups in total. The van der Waals surface area contributed by atoms with Crippen LogP contribution in [0.5, 0.6) is 0 Å². The van der Waals surface area contributed by atoms with Gasteiger partial charge in [0.1, 0.15) is 0 Å². The van der Waals surface area contributed by atoms with Crippen LogP contribution in [0.25, 0.3) is 6.08 Å². The summed E-state index contributed by atoms with van der Waals surface area (Å²) in [5.74, 6) is -0.931. The monoisotopic (exact) mass is 287 g/mol. The molecule has 1 aliphatic heterocycles. The SMILES string of the molecule is CCC1CCCN1C(=O)c1cccc(C=CC(=O)O)c1C. The molecule has 112 valence electrons. The summed E-state index contributed by atoms with van der Waals surface area (Å²) in [6.45, 7) is 4.78. The van der Waals surface area contributed by atoms with Crippen molar-refractivity contribution >= 4 is 18.0 Å². The van der Waals surface area contributed by atoms with Crippen LogP contribution in [-0.2, 0) is 4.79 Å². The number of carboxylic acid groups (broad SMARTS) is 1. The molecule has 0 bridgehead atoms. The van der Waals surface area contributed by atoms with Crippen LogP contribution in [0.3, 0.4) is 0 Å². The summed E-state index contributed by atoms with van der Waals surface area (Å²) in [7, 11) is 0. The first-order chi connectivity index (χ1) is 10.0. The highest BCUT2D eigenvalue weighted by Crippen LogP contribution is 2.24. The van der Waals surface area contributed by atoms with E-state index in [1.807, 2.05) is 24.0 Å². The van der Waals surface area contributed by atoms with Crippen molar-refractivity contribution < 1.29 is 14.7 Å². The van der Waals surface area contributed by atoms with Crippen LogP contribution < -0.4 is 0 Å². The van der Waals surface area contributed by atoms with Crippen LogP contribution >= 0.6 is 0 Å². The zero-order valence-corrected chi connectivity index (χ0v) is 12.5. The van der Waals surface area contributed by atoms with Gasteiger partial charge >= 0.3 is 5.97 Å².